The first-order chi connectivity index (χ1) is 13.9. The van der Waals surface area contributed by atoms with Crippen LogP contribution in [-0.4, -0.2) is 18.7 Å². The van der Waals surface area contributed by atoms with E-state index < -0.39 is 11.2 Å². The largest absolute Gasteiger partial charge is 0.424 e. The fourth-order valence-corrected chi connectivity index (χ4v) is 3.35. The molecule has 4 rings (SSSR count). The summed E-state index contributed by atoms with van der Waals surface area (Å²) >= 11 is 12.2. The molecule has 2 aromatic heterocycles. The van der Waals surface area contributed by atoms with Crippen LogP contribution in [0.3, 0.4) is 0 Å². The number of nitrogens with zero attached hydrogens (tertiary/aromatic N) is 4. The number of hydrogen-bond donors (Lipinski definition) is 0. The highest BCUT2D eigenvalue weighted by atomic mass is 35.5. The number of halogens is 2. The van der Waals surface area contributed by atoms with Gasteiger partial charge >= 0.3 is 11.7 Å². The van der Waals surface area contributed by atoms with Gasteiger partial charge in [-0.25, -0.2) is 4.79 Å². The van der Waals surface area contributed by atoms with Gasteiger partial charge in [0.25, 0.3) is 5.56 Å². The maximum absolute atomic E-state index is 12.9. The second-order valence-electron chi connectivity index (χ2n) is 6.52. The van der Waals surface area contributed by atoms with E-state index in [-0.39, 0.29) is 17.2 Å². The lowest BCUT2D eigenvalue weighted by Crippen LogP contribution is -2.37. The van der Waals surface area contributed by atoms with Gasteiger partial charge in [-0.2, -0.15) is 4.98 Å². The molecule has 0 spiro atoms. The Morgan fingerprint density at radius 3 is 2.34 bits per heavy atom. The van der Waals surface area contributed by atoms with Crippen LogP contribution in [0.15, 0.2) is 58.1 Å². The Bertz CT molecular complexity index is 1340. The zero-order valence-corrected chi connectivity index (χ0v) is 17.1. The van der Waals surface area contributed by atoms with Crippen molar-refractivity contribution in [1.29, 1.82) is 0 Å². The van der Waals surface area contributed by atoms with Gasteiger partial charge in [0.15, 0.2) is 11.2 Å². The normalized spacial score (nSPS) is 11.2. The number of imidazole rings is 1. The van der Waals surface area contributed by atoms with Crippen LogP contribution in [0.4, 0.5) is 0 Å². The molecule has 29 heavy (non-hydrogen) atoms. The van der Waals surface area contributed by atoms with Crippen LogP contribution >= 0.6 is 23.2 Å². The second kappa shape index (κ2) is 7.42. The molecule has 0 bridgehead atoms. The molecule has 0 fully saturated rings. The maximum Gasteiger partial charge on any atom is 0.332 e. The Morgan fingerprint density at radius 1 is 0.966 bits per heavy atom. The number of benzene rings is 2. The Hall–Kier alpha value is -3.03. The van der Waals surface area contributed by atoms with E-state index in [2.05, 4.69) is 4.98 Å². The van der Waals surface area contributed by atoms with Crippen molar-refractivity contribution < 1.29 is 4.74 Å². The van der Waals surface area contributed by atoms with Crippen molar-refractivity contribution in [2.45, 2.75) is 6.54 Å². The van der Waals surface area contributed by atoms with Crippen molar-refractivity contribution >= 4 is 34.4 Å². The Morgan fingerprint density at radius 2 is 1.66 bits per heavy atom. The average Bonchev–Trinajstić information content (AvgIpc) is 3.06. The first-order valence-electron chi connectivity index (χ1n) is 8.70. The number of hydrogen-bond acceptors (Lipinski definition) is 4. The number of aromatic nitrogens is 4. The average molecular weight is 431 g/mol. The Balaban J connectivity index is 1.96. The minimum Gasteiger partial charge on any atom is -0.424 e. The van der Waals surface area contributed by atoms with E-state index in [0.29, 0.717) is 22.3 Å². The molecule has 2 heterocycles. The SMILES string of the molecule is Cn1c(=O)c2c(nc(Oc3ccccc3Cl)n2Cc2ccc(Cl)cc2)n(C)c1=O. The fraction of sp³-hybridized carbons (Fsp3) is 0.150. The molecule has 0 aliphatic heterocycles. The van der Waals surface area contributed by atoms with Gasteiger partial charge in [0.05, 0.1) is 11.6 Å². The van der Waals surface area contributed by atoms with Crippen LogP contribution < -0.4 is 16.0 Å². The summed E-state index contributed by atoms with van der Waals surface area (Å²) in [7, 11) is 2.99. The predicted octanol–water partition coefficient (Wildman–Crippen LogP) is 3.58. The van der Waals surface area contributed by atoms with Crippen molar-refractivity contribution in [2.24, 2.45) is 14.1 Å². The van der Waals surface area contributed by atoms with Gasteiger partial charge in [0.2, 0.25) is 0 Å². The van der Waals surface area contributed by atoms with E-state index in [9.17, 15) is 9.59 Å². The predicted molar refractivity (Wildman–Crippen MR) is 112 cm³/mol. The van der Waals surface area contributed by atoms with Crippen LogP contribution in [-0.2, 0) is 20.6 Å². The van der Waals surface area contributed by atoms with Gasteiger partial charge in [-0.1, -0.05) is 47.5 Å². The third kappa shape index (κ3) is 3.43. The molecule has 0 saturated carbocycles. The second-order valence-corrected chi connectivity index (χ2v) is 7.36. The lowest BCUT2D eigenvalue weighted by atomic mass is 10.2. The zero-order chi connectivity index (χ0) is 20.7. The highest BCUT2D eigenvalue weighted by Gasteiger charge is 2.21. The highest BCUT2D eigenvalue weighted by Crippen LogP contribution is 2.30. The molecule has 0 N–H and O–H groups in total. The molecule has 9 heteroatoms. The van der Waals surface area contributed by atoms with Crippen LogP contribution in [0, 0.1) is 0 Å². The molecule has 4 aromatic rings. The van der Waals surface area contributed by atoms with Crippen LogP contribution in [0.2, 0.25) is 10.0 Å². The van der Waals surface area contributed by atoms with E-state index in [1.807, 2.05) is 12.1 Å². The van der Waals surface area contributed by atoms with Crippen LogP contribution in [0.1, 0.15) is 5.56 Å². The van der Waals surface area contributed by atoms with Crippen LogP contribution in [0.25, 0.3) is 11.2 Å². The van der Waals surface area contributed by atoms with Gasteiger partial charge in [0, 0.05) is 19.1 Å². The third-order valence-electron chi connectivity index (χ3n) is 4.60. The molecule has 148 valence electrons. The van der Waals surface area contributed by atoms with Gasteiger partial charge < -0.3 is 4.74 Å². The molecule has 2 aromatic carbocycles. The van der Waals surface area contributed by atoms with Crippen molar-refractivity contribution in [2.75, 3.05) is 0 Å². The van der Waals surface area contributed by atoms with E-state index >= 15 is 0 Å². The van der Waals surface area contributed by atoms with Gasteiger partial charge in [0.1, 0.15) is 5.75 Å². The monoisotopic (exact) mass is 430 g/mol. The molecule has 0 atom stereocenters. The number of para-hydroxylation sites is 1. The molecular formula is C20H16Cl2N4O3. The standard InChI is InChI=1S/C20H16Cl2N4O3/c1-24-17-16(18(27)25(2)20(24)28)26(11-12-7-9-13(21)10-8-12)19(23-17)29-15-6-4-3-5-14(15)22/h3-10H,11H2,1-2H3. The molecule has 0 radical (unpaired) electrons. The lowest BCUT2D eigenvalue weighted by Gasteiger charge is -2.11. The third-order valence-corrected chi connectivity index (χ3v) is 5.17. The molecule has 7 nitrogen and oxygen atoms in total. The first-order valence-corrected chi connectivity index (χ1v) is 9.45. The van der Waals surface area contributed by atoms with E-state index in [1.165, 1.54) is 11.6 Å². The zero-order valence-electron chi connectivity index (χ0n) is 15.6. The van der Waals surface area contributed by atoms with Crippen LogP contribution in [0.5, 0.6) is 11.8 Å². The summed E-state index contributed by atoms with van der Waals surface area (Å²) in [5.74, 6) is 0.392. The molecule has 0 aliphatic carbocycles. The van der Waals surface area contributed by atoms with E-state index in [4.69, 9.17) is 27.9 Å². The molecular weight excluding hydrogens is 415 g/mol. The summed E-state index contributed by atoms with van der Waals surface area (Å²) in [6.45, 7) is 0.293. The summed E-state index contributed by atoms with van der Waals surface area (Å²) in [5, 5.41) is 1.01. The number of aryl methyl sites for hydroxylation is 1. The van der Waals surface area contributed by atoms with Gasteiger partial charge in [-0.05, 0) is 29.8 Å². The van der Waals surface area contributed by atoms with E-state index in [1.54, 1.807) is 48.0 Å². The topological polar surface area (TPSA) is 71.1 Å². The molecule has 0 amide bonds. The van der Waals surface area contributed by atoms with Crippen molar-refractivity contribution in [3.05, 3.63) is 85.0 Å². The smallest absolute Gasteiger partial charge is 0.332 e. The quantitative estimate of drug-likeness (QED) is 0.495. The Labute approximate surface area is 175 Å². The lowest BCUT2D eigenvalue weighted by molar-refractivity contribution is 0.421. The minimum atomic E-state index is -0.470. The van der Waals surface area contributed by atoms with Crippen molar-refractivity contribution in [3.63, 3.8) is 0 Å². The number of ether oxygens (including phenoxy) is 1. The number of rotatable bonds is 4. The van der Waals surface area contributed by atoms with Gasteiger partial charge in [-0.3, -0.25) is 18.5 Å². The van der Waals surface area contributed by atoms with Crippen molar-refractivity contribution in [3.8, 4) is 11.8 Å². The Kier molecular flexibility index (Phi) is 4.94. The molecule has 0 unspecified atom stereocenters. The number of fused-ring (bicyclic) bond motifs is 1. The van der Waals surface area contributed by atoms with Crippen molar-refractivity contribution in [1.82, 2.24) is 18.7 Å². The summed E-state index contributed by atoms with van der Waals surface area (Å²) in [4.78, 5) is 29.6. The van der Waals surface area contributed by atoms with E-state index in [0.717, 1.165) is 10.1 Å². The summed E-state index contributed by atoms with van der Waals surface area (Å²) in [6.07, 6.45) is 0. The highest BCUT2D eigenvalue weighted by molar-refractivity contribution is 6.32. The first kappa shape index (κ1) is 19.3. The summed E-state index contributed by atoms with van der Waals surface area (Å²) in [5.41, 5.74) is 0.441. The summed E-state index contributed by atoms with van der Waals surface area (Å²) < 4.78 is 9.93. The fourth-order valence-electron chi connectivity index (χ4n) is 3.05. The maximum atomic E-state index is 12.9. The minimum absolute atomic E-state index is 0.154. The summed E-state index contributed by atoms with van der Waals surface area (Å²) in [6, 6.07) is 14.3. The molecule has 0 aliphatic rings. The molecule has 0 saturated heterocycles. The van der Waals surface area contributed by atoms with Gasteiger partial charge in [-0.15, -0.1) is 0 Å².